The van der Waals surface area contributed by atoms with Crippen molar-refractivity contribution in [1.29, 1.82) is 0 Å². The van der Waals surface area contributed by atoms with Gasteiger partial charge in [0.2, 0.25) is 10.0 Å². The summed E-state index contributed by atoms with van der Waals surface area (Å²) >= 11 is 1.34. The number of thiophene rings is 1. The SMILES string of the molecule is Cc1ccc(OCNS(=O)(=O)c2ccsc2)cc1. The molecule has 1 heterocycles. The molecule has 96 valence electrons. The highest BCUT2D eigenvalue weighted by Crippen LogP contribution is 2.13. The van der Waals surface area contributed by atoms with Crippen molar-refractivity contribution in [3.05, 3.63) is 46.7 Å². The molecule has 0 aliphatic carbocycles. The maximum Gasteiger partial charge on any atom is 0.244 e. The van der Waals surface area contributed by atoms with Gasteiger partial charge in [-0.15, -0.1) is 0 Å². The van der Waals surface area contributed by atoms with E-state index in [1.165, 1.54) is 11.3 Å². The van der Waals surface area contributed by atoms with E-state index >= 15 is 0 Å². The number of sulfonamides is 1. The number of aryl methyl sites for hydroxylation is 1. The van der Waals surface area contributed by atoms with Crippen LogP contribution in [0.5, 0.6) is 5.75 Å². The van der Waals surface area contributed by atoms with Crippen LogP contribution in [0.4, 0.5) is 0 Å². The first-order valence-electron chi connectivity index (χ1n) is 5.29. The second-order valence-electron chi connectivity index (χ2n) is 3.71. The van der Waals surface area contributed by atoms with Gasteiger partial charge >= 0.3 is 0 Å². The molecule has 0 aliphatic heterocycles. The van der Waals surface area contributed by atoms with Gasteiger partial charge < -0.3 is 4.74 Å². The summed E-state index contributed by atoms with van der Waals surface area (Å²) < 4.78 is 31.2. The smallest absolute Gasteiger partial charge is 0.244 e. The Kier molecular flexibility index (Phi) is 4.00. The van der Waals surface area contributed by atoms with Gasteiger partial charge in [-0.25, -0.2) is 8.42 Å². The zero-order chi connectivity index (χ0) is 13.0. The van der Waals surface area contributed by atoms with Crippen LogP contribution in [-0.2, 0) is 10.0 Å². The molecular formula is C12H13NO3S2. The number of nitrogens with one attached hydrogen (secondary N) is 1. The molecule has 0 fully saturated rings. The molecule has 1 aromatic heterocycles. The molecule has 0 spiro atoms. The average Bonchev–Trinajstić information content (AvgIpc) is 2.86. The van der Waals surface area contributed by atoms with Gasteiger partial charge in [-0.1, -0.05) is 17.7 Å². The van der Waals surface area contributed by atoms with E-state index in [2.05, 4.69) is 4.72 Å². The summed E-state index contributed by atoms with van der Waals surface area (Å²) in [6.45, 7) is 1.89. The summed E-state index contributed by atoms with van der Waals surface area (Å²) in [6.07, 6.45) is 0. The molecule has 4 nitrogen and oxygen atoms in total. The molecule has 0 saturated heterocycles. The highest BCUT2D eigenvalue weighted by molar-refractivity contribution is 7.89. The summed E-state index contributed by atoms with van der Waals surface area (Å²) in [5.74, 6) is 0.633. The Morgan fingerprint density at radius 3 is 2.56 bits per heavy atom. The van der Waals surface area contributed by atoms with Crippen LogP contribution in [0.3, 0.4) is 0 Å². The summed E-state index contributed by atoms with van der Waals surface area (Å²) in [7, 11) is -3.46. The highest BCUT2D eigenvalue weighted by atomic mass is 32.2. The summed E-state index contributed by atoms with van der Waals surface area (Å²) in [4.78, 5) is 0.264. The molecule has 0 bridgehead atoms. The molecule has 0 unspecified atom stereocenters. The lowest BCUT2D eigenvalue weighted by Crippen LogP contribution is -2.27. The van der Waals surface area contributed by atoms with E-state index in [0.717, 1.165) is 5.56 Å². The Bertz CT molecular complexity index is 589. The first-order valence-corrected chi connectivity index (χ1v) is 7.72. The standard InChI is InChI=1S/C12H13NO3S2/c1-10-2-4-11(5-3-10)16-9-13-18(14,15)12-6-7-17-8-12/h2-8,13H,9H2,1H3. The molecule has 1 aromatic carbocycles. The Balaban J connectivity index is 1.91. The van der Waals surface area contributed by atoms with Gasteiger partial charge in [-0.3, -0.25) is 0 Å². The van der Waals surface area contributed by atoms with Crippen LogP contribution < -0.4 is 9.46 Å². The topological polar surface area (TPSA) is 55.4 Å². The van der Waals surface area contributed by atoms with E-state index in [9.17, 15) is 8.42 Å². The Morgan fingerprint density at radius 1 is 1.22 bits per heavy atom. The average molecular weight is 283 g/mol. The van der Waals surface area contributed by atoms with Crippen LogP contribution in [-0.4, -0.2) is 15.1 Å². The minimum Gasteiger partial charge on any atom is -0.477 e. The minimum atomic E-state index is -3.46. The van der Waals surface area contributed by atoms with Crippen LogP contribution in [0.15, 0.2) is 46.0 Å². The fourth-order valence-electron chi connectivity index (χ4n) is 1.31. The lowest BCUT2D eigenvalue weighted by atomic mass is 10.2. The first kappa shape index (κ1) is 13.1. The zero-order valence-electron chi connectivity index (χ0n) is 9.79. The van der Waals surface area contributed by atoms with Crippen molar-refractivity contribution in [3.8, 4) is 5.75 Å². The molecule has 2 aromatic rings. The molecule has 1 N–H and O–H groups in total. The van der Waals surface area contributed by atoms with Gasteiger partial charge in [-0.2, -0.15) is 16.1 Å². The second-order valence-corrected chi connectivity index (χ2v) is 6.26. The van der Waals surface area contributed by atoms with Crippen molar-refractivity contribution in [2.45, 2.75) is 11.8 Å². The third-order valence-electron chi connectivity index (χ3n) is 2.31. The van der Waals surface area contributed by atoms with Gasteiger partial charge in [-0.05, 0) is 30.5 Å². The fraction of sp³-hybridized carbons (Fsp3) is 0.167. The molecule has 0 amide bonds. The van der Waals surface area contributed by atoms with E-state index in [1.807, 2.05) is 19.1 Å². The van der Waals surface area contributed by atoms with Crippen LogP contribution in [0.1, 0.15) is 5.56 Å². The third-order valence-corrected chi connectivity index (χ3v) is 4.52. The normalized spacial score (nSPS) is 11.4. The van der Waals surface area contributed by atoms with Gasteiger partial charge in [0.05, 0.1) is 4.90 Å². The van der Waals surface area contributed by atoms with E-state index in [0.29, 0.717) is 5.75 Å². The monoisotopic (exact) mass is 283 g/mol. The lowest BCUT2D eigenvalue weighted by molar-refractivity contribution is 0.311. The van der Waals surface area contributed by atoms with E-state index in [4.69, 9.17) is 4.74 Å². The Morgan fingerprint density at radius 2 is 1.94 bits per heavy atom. The number of ether oxygens (including phenoxy) is 1. The predicted octanol–water partition coefficient (Wildman–Crippen LogP) is 2.37. The molecule has 6 heteroatoms. The van der Waals surface area contributed by atoms with Gasteiger partial charge in [0.1, 0.15) is 5.75 Å². The molecule has 0 aliphatic rings. The first-order chi connectivity index (χ1) is 8.58. The van der Waals surface area contributed by atoms with Crippen LogP contribution >= 0.6 is 11.3 Å². The van der Waals surface area contributed by atoms with Gasteiger partial charge in [0.25, 0.3) is 0 Å². The van der Waals surface area contributed by atoms with Crippen LogP contribution in [0.2, 0.25) is 0 Å². The molecule has 0 radical (unpaired) electrons. The summed E-state index contributed by atoms with van der Waals surface area (Å²) in [5, 5.41) is 3.30. The summed E-state index contributed by atoms with van der Waals surface area (Å²) in [5.41, 5.74) is 1.13. The fourth-order valence-corrected chi connectivity index (χ4v) is 3.22. The number of hydrogen-bond acceptors (Lipinski definition) is 4. The largest absolute Gasteiger partial charge is 0.477 e. The Hall–Kier alpha value is -1.37. The molecule has 18 heavy (non-hydrogen) atoms. The molecule has 2 rings (SSSR count). The van der Waals surface area contributed by atoms with Crippen molar-refractivity contribution in [2.75, 3.05) is 6.73 Å². The van der Waals surface area contributed by atoms with Crippen molar-refractivity contribution in [3.63, 3.8) is 0 Å². The third kappa shape index (κ3) is 3.32. The number of benzene rings is 1. The quantitative estimate of drug-likeness (QED) is 0.857. The highest BCUT2D eigenvalue weighted by Gasteiger charge is 2.13. The van der Waals surface area contributed by atoms with Crippen LogP contribution in [0.25, 0.3) is 0 Å². The second kappa shape index (κ2) is 5.51. The van der Waals surface area contributed by atoms with E-state index in [1.54, 1.807) is 29.0 Å². The van der Waals surface area contributed by atoms with Crippen molar-refractivity contribution in [1.82, 2.24) is 4.72 Å². The lowest BCUT2D eigenvalue weighted by Gasteiger charge is -2.07. The van der Waals surface area contributed by atoms with Crippen molar-refractivity contribution < 1.29 is 13.2 Å². The van der Waals surface area contributed by atoms with E-state index in [-0.39, 0.29) is 11.6 Å². The van der Waals surface area contributed by atoms with Crippen molar-refractivity contribution in [2.24, 2.45) is 0 Å². The van der Waals surface area contributed by atoms with Gasteiger partial charge in [0.15, 0.2) is 6.73 Å². The predicted molar refractivity (Wildman–Crippen MR) is 71.3 cm³/mol. The Labute approximate surface area is 110 Å². The minimum absolute atomic E-state index is 0.0821. The number of rotatable bonds is 5. The maximum atomic E-state index is 11.8. The maximum absolute atomic E-state index is 11.8. The molecule has 0 atom stereocenters. The molecule has 0 saturated carbocycles. The van der Waals surface area contributed by atoms with Crippen molar-refractivity contribution >= 4 is 21.4 Å². The van der Waals surface area contributed by atoms with E-state index < -0.39 is 10.0 Å². The molecular weight excluding hydrogens is 270 g/mol. The van der Waals surface area contributed by atoms with Gasteiger partial charge in [0, 0.05) is 5.38 Å². The zero-order valence-corrected chi connectivity index (χ0v) is 11.4. The number of hydrogen-bond donors (Lipinski definition) is 1. The van der Waals surface area contributed by atoms with Crippen LogP contribution in [0, 0.1) is 6.92 Å². The summed E-state index contributed by atoms with van der Waals surface area (Å²) in [6, 6.07) is 8.97.